The number of amides is 1. The summed E-state index contributed by atoms with van der Waals surface area (Å²) in [7, 11) is 0. The van der Waals surface area contributed by atoms with Crippen LogP contribution >= 0.6 is 0 Å². The van der Waals surface area contributed by atoms with E-state index >= 15 is 0 Å². The predicted octanol–water partition coefficient (Wildman–Crippen LogP) is 4.00. The molecule has 31 heavy (non-hydrogen) atoms. The van der Waals surface area contributed by atoms with Crippen molar-refractivity contribution in [3.63, 3.8) is 0 Å². The van der Waals surface area contributed by atoms with E-state index < -0.39 is 23.4 Å². The van der Waals surface area contributed by atoms with Crippen LogP contribution in [0, 0.1) is 31.3 Å². The Morgan fingerprint density at radius 3 is 2.35 bits per heavy atom. The van der Waals surface area contributed by atoms with Gasteiger partial charge in [-0.3, -0.25) is 4.79 Å². The molecule has 0 saturated carbocycles. The van der Waals surface area contributed by atoms with Crippen molar-refractivity contribution in [2.75, 3.05) is 36.5 Å². The van der Waals surface area contributed by atoms with E-state index in [0.717, 1.165) is 12.1 Å². The van der Waals surface area contributed by atoms with E-state index in [4.69, 9.17) is 4.74 Å². The average Bonchev–Trinajstić information content (AvgIpc) is 3.02. The highest BCUT2D eigenvalue weighted by Gasteiger charge is 2.22. The lowest BCUT2D eigenvalue weighted by Gasteiger charge is -2.29. The topological polar surface area (TPSA) is 59.4 Å². The SMILES string of the molecule is Cc1nn(-c2ccc(F)cc2F)c(C)c1C(=O)Nc1ccc(N2CCOCC2)c(F)c1. The Bertz CT molecular complexity index is 1140. The van der Waals surface area contributed by atoms with Crippen LogP contribution in [0.1, 0.15) is 21.7 Å². The number of anilines is 2. The molecule has 9 heteroatoms. The van der Waals surface area contributed by atoms with E-state index in [0.29, 0.717) is 49.1 Å². The van der Waals surface area contributed by atoms with Crippen molar-refractivity contribution < 1.29 is 22.7 Å². The van der Waals surface area contributed by atoms with Crippen molar-refractivity contribution in [3.8, 4) is 5.69 Å². The number of carbonyl (C=O) groups excluding carboxylic acids is 1. The van der Waals surface area contributed by atoms with Crippen molar-refractivity contribution in [1.82, 2.24) is 9.78 Å². The molecule has 1 fully saturated rings. The van der Waals surface area contributed by atoms with E-state index in [-0.39, 0.29) is 11.3 Å². The zero-order valence-electron chi connectivity index (χ0n) is 17.1. The van der Waals surface area contributed by atoms with Crippen molar-refractivity contribution >= 4 is 17.3 Å². The fourth-order valence-corrected chi connectivity index (χ4v) is 3.70. The molecular formula is C22H21F3N4O2. The maximum Gasteiger partial charge on any atom is 0.259 e. The molecule has 0 atom stereocenters. The van der Waals surface area contributed by atoms with Gasteiger partial charge in [0, 0.05) is 24.8 Å². The van der Waals surface area contributed by atoms with Crippen molar-refractivity contribution in [3.05, 3.63) is 70.8 Å². The van der Waals surface area contributed by atoms with E-state index in [1.807, 2.05) is 4.90 Å². The second kappa shape index (κ2) is 8.43. The summed E-state index contributed by atoms with van der Waals surface area (Å²) in [6.07, 6.45) is 0. The fraction of sp³-hybridized carbons (Fsp3) is 0.273. The zero-order chi connectivity index (χ0) is 22.1. The van der Waals surface area contributed by atoms with Crippen LogP contribution in [0.25, 0.3) is 5.69 Å². The summed E-state index contributed by atoms with van der Waals surface area (Å²) in [4.78, 5) is 14.8. The summed E-state index contributed by atoms with van der Waals surface area (Å²) in [6.45, 7) is 5.49. The summed E-state index contributed by atoms with van der Waals surface area (Å²) in [5.41, 5.74) is 1.76. The van der Waals surface area contributed by atoms with E-state index in [1.54, 1.807) is 26.0 Å². The number of aryl methyl sites for hydroxylation is 1. The van der Waals surface area contributed by atoms with E-state index in [1.165, 1.54) is 16.8 Å². The van der Waals surface area contributed by atoms with Gasteiger partial charge in [0.15, 0.2) is 5.82 Å². The van der Waals surface area contributed by atoms with Crippen LogP contribution in [0.2, 0.25) is 0 Å². The van der Waals surface area contributed by atoms with Crippen molar-refractivity contribution in [2.45, 2.75) is 13.8 Å². The Morgan fingerprint density at radius 1 is 1.00 bits per heavy atom. The number of hydrogen-bond donors (Lipinski definition) is 1. The van der Waals surface area contributed by atoms with Crippen LogP contribution in [0.4, 0.5) is 24.5 Å². The lowest BCUT2D eigenvalue weighted by molar-refractivity contribution is 0.102. The lowest BCUT2D eigenvalue weighted by atomic mass is 10.1. The number of ether oxygens (including phenoxy) is 1. The minimum absolute atomic E-state index is 0.0296. The molecule has 0 spiro atoms. The second-order valence-electron chi connectivity index (χ2n) is 7.27. The highest BCUT2D eigenvalue weighted by atomic mass is 19.1. The van der Waals surface area contributed by atoms with Gasteiger partial charge in [-0.25, -0.2) is 17.9 Å². The third-order valence-electron chi connectivity index (χ3n) is 5.21. The number of morpholine rings is 1. The first-order chi connectivity index (χ1) is 14.8. The lowest BCUT2D eigenvalue weighted by Crippen LogP contribution is -2.36. The number of rotatable bonds is 4. The Labute approximate surface area is 177 Å². The number of nitrogens with one attached hydrogen (secondary N) is 1. The second-order valence-corrected chi connectivity index (χ2v) is 7.27. The molecule has 1 N–H and O–H groups in total. The first-order valence-electron chi connectivity index (χ1n) is 9.80. The molecule has 0 radical (unpaired) electrons. The van der Waals surface area contributed by atoms with Crippen molar-refractivity contribution in [1.29, 1.82) is 0 Å². The van der Waals surface area contributed by atoms with E-state index in [2.05, 4.69) is 10.4 Å². The van der Waals surface area contributed by atoms with Gasteiger partial charge >= 0.3 is 0 Å². The molecule has 162 valence electrons. The molecule has 1 amide bonds. The first-order valence-corrected chi connectivity index (χ1v) is 9.80. The smallest absolute Gasteiger partial charge is 0.259 e. The van der Waals surface area contributed by atoms with E-state index in [9.17, 15) is 18.0 Å². The monoisotopic (exact) mass is 430 g/mol. The summed E-state index contributed by atoms with van der Waals surface area (Å²) in [6, 6.07) is 7.63. The minimum atomic E-state index is -0.793. The number of carbonyl (C=O) groups is 1. The highest BCUT2D eigenvalue weighted by molar-refractivity contribution is 6.06. The third-order valence-corrected chi connectivity index (χ3v) is 5.21. The van der Waals surface area contributed by atoms with Gasteiger partial charge in [0.05, 0.1) is 35.9 Å². The van der Waals surface area contributed by atoms with Gasteiger partial charge in [-0.2, -0.15) is 5.10 Å². The quantitative estimate of drug-likeness (QED) is 0.680. The molecular weight excluding hydrogens is 409 g/mol. The van der Waals surface area contributed by atoms with Gasteiger partial charge in [-0.1, -0.05) is 0 Å². The number of halogens is 3. The molecule has 6 nitrogen and oxygen atoms in total. The first kappa shape index (κ1) is 20.9. The molecule has 2 aromatic carbocycles. The molecule has 3 aromatic rings. The van der Waals surface area contributed by atoms with Crippen LogP contribution in [0.5, 0.6) is 0 Å². The fourth-order valence-electron chi connectivity index (χ4n) is 3.70. The van der Waals surface area contributed by atoms with Crippen molar-refractivity contribution in [2.24, 2.45) is 0 Å². The molecule has 1 saturated heterocycles. The number of benzene rings is 2. The minimum Gasteiger partial charge on any atom is -0.378 e. The van der Waals surface area contributed by atoms with Gasteiger partial charge in [0.1, 0.15) is 17.3 Å². The van der Waals surface area contributed by atoms with Gasteiger partial charge in [-0.05, 0) is 44.2 Å². The molecule has 1 aromatic heterocycles. The Hall–Kier alpha value is -3.33. The standard InChI is InChI=1S/C22H21F3N4O2/c1-13-21(14(2)29(27-13)20-5-3-15(23)11-17(20)24)22(30)26-16-4-6-19(18(25)12-16)28-7-9-31-10-8-28/h3-6,11-12H,7-10H2,1-2H3,(H,26,30). The Balaban J connectivity index is 1.58. The van der Waals surface area contributed by atoms with Gasteiger partial charge in [0.2, 0.25) is 0 Å². The maximum absolute atomic E-state index is 14.6. The Morgan fingerprint density at radius 2 is 1.68 bits per heavy atom. The molecule has 0 bridgehead atoms. The van der Waals surface area contributed by atoms with Crippen LogP contribution in [-0.2, 0) is 4.74 Å². The van der Waals surface area contributed by atoms with Crippen LogP contribution in [0.15, 0.2) is 36.4 Å². The van der Waals surface area contributed by atoms with Crippen LogP contribution in [0.3, 0.4) is 0 Å². The summed E-state index contributed by atoms with van der Waals surface area (Å²) >= 11 is 0. The van der Waals surface area contributed by atoms with Crippen LogP contribution in [-0.4, -0.2) is 42.0 Å². The Kier molecular flexibility index (Phi) is 5.69. The third kappa shape index (κ3) is 4.13. The molecule has 0 aliphatic carbocycles. The summed E-state index contributed by atoms with van der Waals surface area (Å²) in [5.74, 6) is -2.44. The summed E-state index contributed by atoms with van der Waals surface area (Å²) in [5, 5.41) is 6.90. The maximum atomic E-state index is 14.6. The molecule has 0 unspecified atom stereocenters. The normalized spacial score (nSPS) is 14.0. The van der Waals surface area contributed by atoms with Gasteiger partial charge in [-0.15, -0.1) is 0 Å². The number of aromatic nitrogens is 2. The summed E-state index contributed by atoms with van der Waals surface area (Å²) < 4.78 is 48.6. The number of nitrogens with zero attached hydrogens (tertiary/aromatic N) is 3. The average molecular weight is 430 g/mol. The largest absolute Gasteiger partial charge is 0.378 e. The molecule has 1 aliphatic heterocycles. The number of hydrogen-bond acceptors (Lipinski definition) is 4. The van der Waals surface area contributed by atoms with Crippen LogP contribution < -0.4 is 10.2 Å². The van der Waals surface area contributed by atoms with Gasteiger partial charge < -0.3 is 15.0 Å². The zero-order valence-corrected chi connectivity index (χ0v) is 17.1. The molecule has 1 aliphatic rings. The molecule has 4 rings (SSSR count). The predicted molar refractivity (Wildman–Crippen MR) is 110 cm³/mol. The van der Waals surface area contributed by atoms with Gasteiger partial charge in [0.25, 0.3) is 5.91 Å². The highest BCUT2D eigenvalue weighted by Crippen LogP contribution is 2.25. The molecule has 2 heterocycles.